The highest BCUT2D eigenvalue weighted by Crippen LogP contribution is 2.21. The number of carbonyl (C=O) groups is 1. The smallest absolute Gasteiger partial charge is 0.220 e. The number of hydrogen-bond donors (Lipinski definition) is 1. The molecule has 0 saturated heterocycles. The van der Waals surface area contributed by atoms with Crippen molar-refractivity contribution in [1.82, 2.24) is 5.32 Å². The summed E-state index contributed by atoms with van der Waals surface area (Å²) in [6.07, 6.45) is 3.08. The van der Waals surface area contributed by atoms with Crippen LogP contribution in [0, 0.1) is 5.82 Å². The lowest BCUT2D eigenvalue weighted by Gasteiger charge is -2.06. The molecule has 2 aromatic carbocycles. The molecule has 128 valence electrons. The Morgan fingerprint density at radius 2 is 1.75 bits per heavy atom. The van der Waals surface area contributed by atoms with Gasteiger partial charge in [0.1, 0.15) is 5.82 Å². The summed E-state index contributed by atoms with van der Waals surface area (Å²) in [5.74, 6) is 0.777. The summed E-state index contributed by atoms with van der Waals surface area (Å²) in [5.41, 5.74) is 1.09. The van der Waals surface area contributed by atoms with Crippen LogP contribution in [0.25, 0.3) is 0 Å². The van der Waals surface area contributed by atoms with Crippen LogP contribution in [-0.4, -0.2) is 18.2 Å². The highest BCUT2D eigenvalue weighted by Gasteiger charge is 2.02. The van der Waals surface area contributed by atoms with Gasteiger partial charge in [0.2, 0.25) is 5.91 Å². The van der Waals surface area contributed by atoms with Crippen molar-refractivity contribution >= 4 is 29.3 Å². The van der Waals surface area contributed by atoms with Crippen LogP contribution in [0.1, 0.15) is 24.8 Å². The van der Waals surface area contributed by atoms with Gasteiger partial charge in [0.15, 0.2) is 0 Å². The SMILES string of the molecule is O=C(CCCSc1ccc(Cl)cc1)NCCCc1ccc(F)cc1. The van der Waals surface area contributed by atoms with Crippen LogP contribution >= 0.6 is 23.4 Å². The maximum atomic E-state index is 12.8. The number of carbonyl (C=O) groups excluding carboxylic acids is 1. The molecule has 0 aliphatic rings. The van der Waals surface area contributed by atoms with E-state index in [-0.39, 0.29) is 11.7 Å². The Kier molecular flexibility index (Phi) is 8.13. The second-order valence-electron chi connectivity index (χ2n) is 5.49. The number of halogens is 2. The van der Waals surface area contributed by atoms with E-state index in [2.05, 4.69) is 5.32 Å². The van der Waals surface area contributed by atoms with E-state index < -0.39 is 0 Å². The zero-order chi connectivity index (χ0) is 17.2. The van der Waals surface area contributed by atoms with Crippen molar-refractivity contribution in [2.45, 2.75) is 30.6 Å². The Bertz CT molecular complexity index is 575. The zero-order valence-electron chi connectivity index (χ0n) is 13.4. The lowest BCUT2D eigenvalue weighted by Crippen LogP contribution is -2.24. The molecule has 0 atom stereocenters. The van der Waals surface area contributed by atoms with E-state index in [1.54, 1.807) is 23.9 Å². The largest absolute Gasteiger partial charge is 0.356 e. The number of amides is 1. The first-order valence-corrected chi connectivity index (χ1v) is 9.39. The standard InChI is InChI=1S/C19H21ClFNOS/c20-16-7-11-18(12-8-16)24-14-2-4-19(23)22-13-1-3-15-5-9-17(21)10-6-15/h5-12H,1-4,13-14H2,(H,22,23). The van der Waals surface area contributed by atoms with Gasteiger partial charge < -0.3 is 5.32 Å². The normalized spacial score (nSPS) is 10.6. The Balaban J connectivity index is 1.52. The van der Waals surface area contributed by atoms with Crippen molar-refractivity contribution in [2.75, 3.05) is 12.3 Å². The molecule has 0 fully saturated rings. The first kappa shape index (κ1) is 18.8. The van der Waals surface area contributed by atoms with Crippen molar-refractivity contribution in [1.29, 1.82) is 0 Å². The molecule has 2 rings (SSSR count). The number of nitrogens with one attached hydrogen (secondary N) is 1. The number of thioether (sulfide) groups is 1. The molecule has 0 aliphatic heterocycles. The molecule has 1 N–H and O–H groups in total. The number of benzene rings is 2. The molecule has 5 heteroatoms. The molecule has 0 spiro atoms. The quantitative estimate of drug-likeness (QED) is 0.494. The molecular weight excluding hydrogens is 345 g/mol. The third-order valence-corrected chi connectivity index (χ3v) is 4.86. The predicted octanol–water partition coefficient (Wildman–Crippen LogP) is 5.10. The fraction of sp³-hybridized carbons (Fsp3) is 0.316. The second kappa shape index (κ2) is 10.4. The van der Waals surface area contributed by atoms with E-state index >= 15 is 0 Å². The maximum Gasteiger partial charge on any atom is 0.220 e. The summed E-state index contributed by atoms with van der Waals surface area (Å²) < 4.78 is 12.8. The third kappa shape index (κ3) is 7.37. The van der Waals surface area contributed by atoms with Crippen LogP contribution < -0.4 is 5.32 Å². The number of hydrogen-bond acceptors (Lipinski definition) is 2. The molecule has 0 bridgehead atoms. The van der Waals surface area contributed by atoms with Gasteiger partial charge in [0.05, 0.1) is 0 Å². The highest BCUT2D eigenvalue weighted by molar-refractivity contribution is 7.99. The molecule has 0 heterocycles. The third-order valence-electron chi connectivity index (χ3n) is 3.51. The molecule has 2 nitrogen and oxygen atoms in total. The minimum Gasteiger partial charge on any atom is -0.356 e. The van der Waals surface area contributed by atoms with E-state index in [0.717, 1.165) is 35.6 Å². The minimum atomic E-state index is -0.219. The van der Waals surface area contributed by atoms with Gasteiger partial charge in [-0.3, -0.25) is 4.79 Å². The Hall–Kier alpha value is -1.52. The van der Waals surface area contributed by atoms with Gasteiger partial charge in [-0.25, -0.2) is 4.39 Å². The number of aryl methyl sites for hydroxylation is 1. The Morgan fingerprint density at radius 3 is 2.46 bits per heavy atom. The van der Waals surface area contributed by atoms with Crippen LogP contribution in [0.5, 0.6) is 0 Å². The summed E-state index contributed by atoms with van der Waals surface area (Å²) in [7, 11) is 0. The summed E-state index contributed by atoms with van der Waals surface area (Å²) in [5, 5.41) is 3.67. The molecule has 1 amide bonds. The van der Waals surface area contributed by atoms with Crippen LogP contribution in [-0.2, 0) is 11.2 Å². The first-order chi connectivity index (χ1) is 11.6. The fourth-order valence-electron chi connectivity index (χ4n) is 2.21. The van der Waals surface area contributed by atoms with Gasteiger partial charge in [-0.1, -0.05) is 23.7 Å². The van der Waals surface area contributed by atoms with Gasteiger partial charge in [-0.2, -0.15) is 0 Å². The second-order valence-corrected chi connectivity index (χ2v) is 7.09. The summed E-state index contributed by atoms with van der Waals surface area (Å²) in [6.45, 7) is 0.653. The molecular formula is C19H21ClFNOS. The Morgan fingerprint density at radius 1 is 1.04 bits per heavy atom. The van der Waals surface area contributed by atoms with Gasteiger partial charge >= 0.3 is 0 Å². The van der Waals surface area contributed by atoms with E-state index in [0.29, 0.717) is 13.0 Å². The zero-order valence-corrected chi connectivity index (χ0v) is 15.0. The van der Waals surface area contributed by atoms with Crippen molar-refractivity contribution in [3.05, 3.63) is 64.9 Å². The van der Waals surface area contributed by atoms with Gasteiger partial charge in [-0.05, 0) is 67.0 Å². The predicted molar refractivity (Wildman–Crippen MR) is 99.1 cm³/mol. The number of rotatable bonds is 9. The lowest BCUT2D eigenvalue weighted by atomic mass is 10.1. The summed E-state index contributed by atoms with van der Waals surface area (Å²) in [4.78, 5) is 12.9. The molecule has 0 saturated carbocycles. The van der Waals surface area contributed by atoms with E-state index in [9.17, 15) is 9.18 Å². The molecule has 24 heavy (non-hydrogen) atoms. The molecule has 2 aromatic rings. The fourth-order valence-corrected chi connectivity index (χ4v) is 3.19. The van der Waals surface area contributed by atoms with Gasteiger partial charge in [0, 0.05) is 22.9 Å². The molecule has 0 radical (unpaired) electrons. The maximum absolute atomic E-state index is 12.8. The van der Waals surface area contributed by atoms with Crippen LogP contribution in [0.15, 0.2) is 53.4 Å². The van der Waals surface area contributed by atoms with E-state index in [1.165, 1.54) is 17.0 Å². The molecule has 0 aromatic heterocycles. The Labute approximate surface area is 151 Å². The summed E-state index contributed by atoms with van der Waals surface area (Å²) >= 11 is 7.57. The lowest BCUT2D eigenvalue weighted by molar-refractivity contribution is -0.121. The van der Waals surface area contributed by atoms with Gasteiger partial charge in [-0.15, -0.1) is 11.8 Å². The van der Waals surface area contributed by atoms with Crippen LogP contribution in [0.3, 0.4) is 0 Å². The minimum absolute atomic E-state index is 0.0887. The van der Waals surface area contributed by atoms with Crippen LogP contribution in [0.2, 0.25) is 5.02 Å². The highest BCUT2D eigenvalue weighted by atomic mass is 35.5. The average molecular weight is 366 g/mol. The molecule has 0 unspecified atom stereocenters. The van der Waals surface area contributed by atoms with Crippen molar-refractivity contribution in [2.24, 2.45) is 0 Å². The van der Waals surface area contributed by atoms with Gasteiger partial charge in [0.25, 0.3) is 0 Å². The van der Waals surface area contributed by atoms with E-state index in [1.807, 2.05) is 24.3 Å². The van der Waals surface area contributed by atoms with Crippen molar-refractivity contribution < 1.29 is 9.18 Å². The summed E-state index contributed by atoms with van der Waals surface area (Å²) in [6, 6.07) is 14.2. The topological polar surface area (TPSA) is 29.1 Å². The average Bonchev–Trinajstić information content (AvgIpc) is 2.59. The van der Waals surface area contributed by atoms with E-state index in [4.69, 9.17) is 11.6 Å². The van der Waals surface area contributed by atoms with Crippen molar-refractivity contribution in [3.8, 4) is 0 Å². The molecule has 0 aliphatic carbocycles. The monoisotopic (exact) mass is 365 g/mol. The van der Waals surface area contributed by atoms with Crippen molar-refractivity contribution in [3.63, 3.8) is 0 Å². The van der Waals surface area contributed by atoms with Crippen LogP contribution in [0.4, 0.5) is 4.39 Å². The first-order valence-electron chi connectivity index (χ1n) is 8.03.